The van der Waals surface area contributed by atoms with Crippen molar-refractivity contribution >= 4 is 12.0 Å². The SMILES string of the molecule is CC(C)C[C@H](CNC(=O)NCc1ccco1)CC(=O)O. The van der Waals surface area contributed by atoms with E-state index in [0.29, 0.717) is 24.8 Å². The summed E-state index contributed by atoms with van der Waals surface area (Å²) < 4.78 is 5.09. The molecule has 1 atom stereocenters. The second-order valence-corrected chi connectivity index (χ2v) is 5.24. The third-order valence-corrected chi connectivity index (χ3v) is 2.82. The van der Waals surface area contributed by atoms with Gasteiger partial charge in [-0.1, -0.05) is 13.8 Å². The molecule has 0 saturated heterocycles. The van der Waals surface area contributed by atoms with Gasteiger partial charge < -0.3 is 20.2 Å². The van der Waals surface area contributed by atoms with Gasteiger partial charge in [-0.05, 0) is 30.4 Å². The van der Waals surface area contributed by atoms with Crippen LogP contribution in [-0.4, -0.2) is 23.7 Å². The molecule has 1 heterocycles. The molecular weight excluding hydrogens is 260 g/mol. The highest BCUT2D eigenvalue weighted by Crippen LogP contribution is 2.14. The van der Waals surface area contributed by atoms with Crippen molar-refractivity contribution in [3.05, 3.63) is 24.2 Å². The third kappa shape index (κ3) is 6.82. The smallest absolute Gasteiger partial charge is 0.315 e. The lowest BCUT2D eigenvalue weighted by atomic mass is 9.94. The Morgan fingerprint density at radius 1 is 1.35 bits per heavy atom. The third-order valence-electron chi connectivity index (χ3n) is 2.82. The van der Waals surface area contributed by atoms with Crippen LogP contribution in [0.4, 0.5) is 4.79 Å². The predicted octanol–water partition coefficient (Wildman–Crippen LogP) is 2.22. The predicted molar refractivity (Wildman–Crippen MR) is 74.1 cm³/mol. The molecule has 0 aliphatic carbocycles. The molecule has 0 radical (unpaired) electrons. The Morgan fingerprint density at radius 2 is 2.10 bits per heavy atom. The first-order chi connectivity index (χ1) is 9.47. The highest BCUT2D eigenvalue weighted by atomic mass is 16.4. The summed E-state index contributed by atoms with van der Waals surface area (Å²) in [5.41, 5.74) is 0. The molecule has 0 spiro atoms. The van der Waals surface area contributed by atoms with E-state index in [9.17, 15) is 9.59 Å². The quantitative estimate of drug-likeness (QED) is 0.681. The monoisotopic (exact) mass is 282 g/mol. The Bertz CT molecular complexity index is 415. The normalized spacial score (nSPS) is 12.2. The van der Waals surface area contributed by atoms with Gasteiger partial charge in [0.2, 0.25) is 0 Å². The lowest BCUT2D eigenvalue weighted by Gasteiger charge is -2.17. The van der Waals surface area contributed by atoms with E-state index >= 15 is 0 Å². The van der Waals surface area contributed by atoms with Crippen LogP contribution in [0.25, 0.3) is 0 Å². The van der Waals surface area contributed by atoms with Gasteiger partial charge in [0.15, 0.2) is 0 Å². The fourth-order valence-corrected chi connectivity index (χ4v) is 2.03. The van der Waals surface area contributed by atoms with Gasteiger partial charge in [0.05, 0.1) is 12.8 Å². The summed E-state index contributed by atoms with van der Waals surface area (Å²) in [5, 5.41) is 14.2. The van der Waals surface area contributed by atoms with Crippen molar-refractivity contribution in [3.63, 3.8) is 0 Å². The van der Waals surface area contributed by atoms with Gasteiger partial charge in [-0.3, -0.25) is 4.79 Å². The van der Waals surface area contributed by atoms with E-state index in [0.717, 1.165) is 6.42 Å². The molecule has 0 fully saturated rings. The zero-order valence-electron chi connectivity index (χ0n) is 11.9. The number of carbonyl (C=O) groups is 2. The molecule has 0 bridgehead atoms. The summed E-state index contributed by atoms with van der Waals surface area (Å²) in [4.78, 5) is 22.4. The highest BCUT2D eigenvalue weighted by molar-refractivity contribution is 5.73. The standard InChI is InChI=1S/C14H22N2O4/c1-10(2)6-11(7-13(17)18)8-15-14(19)16-9-12-4-3-5-20-12/h3-5,10-11H,6-9H2,1-2H3,(H,17,18)(H2,15,16,19)/t11-/m0/s1. The van der Waals surface area contributed by atoms with Gasteiger partial charge in [-0.15, -0.1) is 0 Å². The first-order valence-electron chi connectivity index (χ1n) is 6.73. The van der Waals surface area contributed by atoms with Crippen molar-refractivity contribution < 1.29 is 19.1 Å². The van der Waals surface area contributed by atoms with Crippen LogP contribution in [0.2, 0.25) is 0 Å². The van der Waals surface area contributed by atoms with E-state index in [1.807, 2.05) is 13.8 Å². The maximum atomic E-state index is 11.6. The van der Waals surface area contributed by atoms with Crippen molar-refractivity contribution in [2.45, 2.75) is 33.2 Å². The summed E-state index contributed by atoms with van der Waals surface area (Å²) >= 11 is 0. The number of rotatable bonds is 8. The Labute approximate surface area is 118 Å². The zero-order valence-corrected chi connectivity index (χ0v) is 11.9. The number of carboxylic acid groups (broad SMARTS) is 1. The van der Waals surface area contributed by atoms with Crippen LogP contribution in [0.5, 0.6) is 0 Å². The minimum atomic E-state index is -0.839. The summed E-state index contributed by atoms with van der Waals surface area (Å²) in [6.07, 6.45) is 2.38. The minimum Gasteiger partial charge on any atom is -0.481 e. The summed E-state index contributed by atoms with van der Waals surface area (Å²) in [6, 6.07) is 3.20. The molecule has 0 aromatic carbocycles. The van der Waals surface area contributed by atoms with Gasteiger partial charge >= 0.3 is 12.0 Å². The summed E-state index contributed by atoms with van der Waals surface area (Å²) in [6.45, 7) is 4.73. The molecule has 112 valence electrons. The van der Waals surface area contributed by atoms with E-state index in [2.05, 4.69) is 10.6 Å². The van der Waals surface area contributed by atoms with Crippen molar-refractivity contribution in [2.24, 2.45) is 11.8 Å². The molecule has 0 unspecified atom stereocenters. The maximum absolute atomic E-state index is 11.6. The lowest BCUT2D eigenvalue weighted by Crippen LogP contribution is -2.38. The molecule has 1 rings (SSSR count). The Balaban J connectivity index is 2.30. The van der Waals surface area contributed by atoms with Crippen LogP contribution in [0, 0.1) is 11.8 Å². The Kier molecular flexibility index (Phi) is 6.63. The number of nitrogens with one attached hydrogen (secondary N) is 2. The first-order valence-corrected chi connectivity index (χ1v) is 6.73. The van der Waals surface area contributed by atoms with Crippen LogP contribution in [0.15, 0.2) is 22.8 Å². The average molecular weight is 282 g/mol. The molecule has 3 N–H and O–H groups in total. The van der Waals surface area contributed by atoms with Crippen LogP contribution in [-0.2, 0) is 11.3 Å². The Morgan fingerprint density at radius 3 is 2.65 bits per heavy atom. The highest BCUT2D eigenvalue weighted by Gasteiger charge is 2.16. The zero-order chi connectivity index (χ0) is 15.0. The number of furan rings is 1. The summed E-state index contributed by atoms with van der Waals surface area (Å²) in [7, 11) is 0. The van der Waals surface area contributed by atoms with Crippen molar-refractivity contribution in [1.82, 2.24) is 10.6 Å². The first kappa shape index (κ1) is 16.1. The van der Waals surface area contributed by atoms with Crippen molar-refractivity contribution in [2.75, 3.05) is 6.54 Å². The van der Waals surface area contributed by atoms with E-state index in [1.54, 1.807) is 18.4 Å². The molecule has 0 aliphatic rings. The van der Waals surface area contributed by atoms with Gasteiger partial charge in [0.25, 0.3) is 0 Å². The molecule has 2 amide bonds. The number of carboxylic acids is 1. The van der Waals surface area contributed by atoms with Crippen LogP contribution in [0.3, 0.4) is 0 Å². The number of aliphatic carboxylic acids is 1. The molecule has 0 aliphatic heterocycles. The fraction of sp³-hybridized carbons (Fsp3) is 0.571. The number of hydrogen-bond acceptors (Lipinski definition) is 3. The second-order valence-electron chi connectivity index (χ2n) is 5.24. The number of urea groups is 1. The van der Waals surface area contributed by atoms with Crippen LogP contribution < -0.4 is 10.6 Å². The minimum absolute atomic E-state index is 0.0538. The number of carbonyl (C=O) groups excluding carboxylic acids is 1. The van der Waals surface area contributed by atoms with E-state index in [-0.39, 0.29) is 18.4 Å². The molecule has 1 aromatic heterocycles. The van der Waals surface area contributed by atoms with Gasteiger partial charge in [-0.25, -0.2) is 4.79 Å². The molecule has 1 aromatic rings. The largest absolute Gasteiger partial charge is 0.481 e. The van der Waals surface area contributed by atoms with E-state index in [4.69, 9.17) is 9.52 Å². The molecule has 20 heavy (non-hydrogen) atoms. The molecular formula is C14H22N2O4. The van der Waals surface area contributed by atoms with Crippen molar-refractivity contribution in [1.29, 1.82) is 0 Å². The topological polar surface area (TPSA) is 91.6 Å². The van der Waals surface area contributed by atoms with Gasteiger partial charge in [-0.2, -0.15) is 0 Å². The van der Waals surface area contributed by atoms with Crippen molar-refractivity contribution in [3.8, 4) is 0 Å². The fourth-order valence-electron chi connectivity index (χ4n) is 2.03. The molecule has 0 saturated carbocycles. The van der Waals surface area contributed by atoms with E-state index in [1.165, 1.54) is 0 Å². The van der Waals surface area contributed by atoms with Gasteiger partial charge in [0, 0.05) is 13.0 Å². The molecule has 6 nitrogen and oxygen atoms in total. The molecule has 6 heteroatoms. The van der Waals surface area contributed by atoms with E-state index < -0.39 is 5.97 Å². The second kappa shape index (κ2) is 8.24. The average Bonchev–Trinajstić information content (AvgIpc) is 2.85. The van der Waals surface area contributed by atoms with Crippen LogP contribution >= 0.6 is 0 Å². The van der Waals surface area contributed by atoms with Gasteiger partial charge in [0.1, 0.15) is 5.76 Å². The lowest BCUT2D eigenvalue weighted by molar-refractivity contribution is -0.138. The number of amides is 2. The Hall–Kier alpha value is -1.98. The summed E-state index contributed by atoms with van der Waals surface area (Å²) in [5.74, 6) is 0.173. The van der Waals surface area contributed by atoms with Crippen LogP contribution in [0.1, 0.15) is 32.4 Å². The maximum Gasteiger partial charge on any atom is 0.315 e. The number of hydrogen-bond donors (Lipinski definition) is 3.